The third kappa shape index (κ3) is 6.28. The first-order valence-electron chi connectivity index (χ1n) is 10.6. The largest absolute Gasteiger partial charge is 0.491 e. The lowest BCUT2D eigenvalue weighted by Gasteiger charge is -2.30. The monoisotopic (exact) mass is 439 g/mol. The maximum atomic E-state index is 13.0. The van der Waals surface area contributed by atoms with Crippen molar-refractivity contribution in [1.29, 1.82) is 0 Å². The minimum Gasteiger partial charge on any atom is -0.491 e. The number of hydrogen-bond acceptors (Lipinski definition) is 4. The molecule has 0 unspecified atom stereocenters. The summed E-state index contributed by atoms with van der Waals surface area (Å²) >= 11 is 5.33. The van der Waals surface area contributed by atoms with Gasteiger partial charge in [-0.1, -0.05) is 25.1 Å². The normalized spacial score (nSPS) is 14.3. The van der Waals surface area contributed by atoms with Gasteiger partial charge in [-0.2, -0.15) is 0 Å². The van der Waals surface area contributed by atoms with Crippen molar-refractivity contribution < 1.29 is 14.3 Å². The number of nitrogens with one attached hydrogen (secondary N) is 2. The zero-order valence-electron chi connectivity index (χ0n) is 18.2. The molecule has 0 spiro atoms. The van der Waals surface area contributed by atoms with Crippen LogP contribution in [0.1, 0.15) is 54.3 Å². The Morgan fingerprint density at radius 2 is 1.81 bits per heavy atom. The van der Waals surface area contributed by atoms with Gasteiger partial charge < -0.3 is 15.0 Å². The van der Waals surface area contributed by atoms with Crippen LogP contribution in [0.3, 0.4) is 0 Å². The van der Waals surface area contributed by atoms with Gasteiger partial charge in [0.15, 0.2) is 5.11 Å². The van der Waals surface area contributed by atoms with Crippen LogP contribution in [0.4, 0.5) is 5.69 Å². The highest BCUT2D eigenvalue weighted by Gasteiger charge is 2.23. The van der Waals surface area contributed by atoms with Gasteiger partial charge in [0.1, 0.15) is 5.75 Å². The Kier molecular flexibility index (Phi) is 7.63. The molecular weight excluding hydrogens is 410 g/mol. The minimum absolute atomic E-state index is 0.0122. The number of rotatable bonds is 5. The molecule has 1 aliphatic heterocycles. The molecule has 0 aliphatic carbocycles. The van der Waals surface area contributed by atoms with E-state index in [1.165, 1.54) is 0 Å². The van der Waals surface area contributed by atoms with E-state index in [4.69, 9.17) is 17.0 Å². The molecule has 0 atom stereocenters. The number of nitrogens with zero attached hydrogens (tertiary/aromatic N) is 1. The molecule has 7 heteroatoms. The topological polar surface area (TPSA) is 70.7 Å². The molecule has 3 rings (SSSR count). The van der Waals surface area contributed by atoms with Crippen molar-refractivity contribution in [1.82, 2.24) is 10.2 Å². The third-order valence-corrected chi connectivity index (χ3v) is 5.38. The Balaban J connectivity index is 1.66. The minimum atomic E-state index is -0.347. The predicted molar refractivity (Wildman–Crippen MR) is 127 cm³/mol. The van der Waals surface area contributed by atoms with Gasteiger partial charge in [0.05, 0.1) is 17.4 Å². The Hall–Kier alpha value is -2.93. The molecule has 0 saturated carbocycles. The molecule has 1 heterocycles. The first kappa shape index (κ1) is 22.7. The van der Waals surface area contributed by atoms with Crippen molar-refractivity contribution in [3.8, 4) is 5.75 Å². The molecule has 2 N–H and O–H groups in total. The number of ether oxygens (including phenoxy) is 1. The number of benzene rings is 2. The number of carbonyl (C=O) groups excluding carboxylic acids is 2. The highest BCUT2D eigenvalue weighted by Crippen LogP contribution is 2.22. The quantitative estimate of drug-likeness (QED) is 0.673. The average Bonchev–Trinajstić information content (AvgIpc) is 2.74. The summed E-state index contributed by atoms with van der Waals surface area (Å²) in [7, 11) is 0. The molecule has 31 heavy (non-hydrogen) atoms. The van der Waals surface area contributed by atoms with Gasteiger partial charge >= 0.3 is 0 Å². The Morgan fingerprint density at radius 3 is 2.52 bits per heavy atom. The van der Waals surface area contributed by atoms with Crippen LogP contribution in [-0.4, -0.2) is 41.0 Å². The molecule has 2 aromatic rings. The van der Waals surface area contributed by atoms with E-state index in [0.29, 0.717) is 28.5 Å². The van der Waals surface area contributed by atoms with Crippen molar-refractivity contribution in [2.24, 2.45) is 5.92 Å². The van der Waals surface area contributed by atoms with E-state index < -0.39 is 0 Å². The van der Waals surface area contributed by atoms with Crippen LogP contribution in [0.5, 0.6) is 5.75 Å². The number of amides is 2. The number of hydrogen-bond donors (Lipinski definition) is 2. The van der Waals surface area contributed by atoms with Gasteiger partial charge in [-0.3, -0.25) is 14.9 Å². The van der Waals surface area contributed by atoms with Crippen molar-refractivity contribution >= 4 is 34.8 Å². The van der Waals surface area contributed by atoms with Crippen LogP contribution in [0, 0.1) is 5.92 Å². The second kappa shape index (κ2) is 10.4. The fourth-order valence-electron chi connectivity index (χ4n) is 3.47. The van der Waals surface area contributed by atoms with Crippen LogP contribution >= 0.6 is 12.2 Å². The van der Waals surface area contributed by atoms with Gasteiger partial charge in [0.25, 0.3) is 11.8 Å². The summed E-state index contributed by atoms with van der Waals surface area (Å²) in [6, 6.07) is 14.1. The van der Waals surface area contributed by atoms with Crippen LogP contribution in [-0.2, 0) is 0 Å². The molecule has 2 aromatic carbocycles. The Labute approximate surface area is 189 Å². The van der Waals surface area contributed by atoms with Gasteiger partial charge in [0, 0.05) is 18.7 Å². The SMILES string of the molecule is CC1CCN(C(=O)c2ccccc2NC(=S)NC(=O)c2cccc(OC(C)C)c2)CC1. The summed E-state index contributed by atoms with van der Waals surface area (Å²) in [6.07, 6.45) is 2.03. The molecule has 2 amide bonds. The summed E-state index contributed by atoms with van der Waals surface area (Å²) in [5, 5.41) is 5.82. The van der Waals surface area contributed by atoms with E-state index in [1.54, 1.807) is 36.4 Å². The second-order valence-electron chi connectivity index (χ2n) is 8.12. The summed E-state index contributed by atoms with van der Waals surface area (Å²) in [4.78, 5) is 27.5. The lowest BCUT2D eigenvalue weighted by Crippen LogP contribution is -2.39. The lowest BCUT2D eigenvalue weighted by atomic mass is 9.98. The zero-order valence-corrected chi connectivity index (χ0v) is 19.0. The third-order valence-electron chi connectivity index (χ3n) is 5.17. The summed E-state index contributed by atoms with van der Waals surface area (Å²) in [5.41, 5.74) is 1.56. The van der Waals surface area contributed by atoms with Crippen LogP contribution in [0.15, 0.2) is 48.5 Å². The first-order chi connectivity index (χ1) is 14.8. The maximum Gasteiger partial charge on any atom is 0.257 e. The maximum absolute atomic E-state index is 13.0. The fourth-order valence-corrected chi connectivity index (χ4v) is 3.67. The Morgan fingerprint density at radius 1 is 1.10 bits per heavy atom. The number of carbonyl (C=O) groups is 2. The van der Waals surface area contributed by atoms with Crippen molar-refractivity contribution in [3.05, 3.63) is 59.7 Å². The van der Waals surface area contributed by atoms with Gasteiger partial charge in [0.2, 0.25) is 0 Å². The van der Waals surface area contributed by atoms with Crippen LogP contribution in [0.25, 0.3) is 0 Å². The smallest absolute Gasteiger partial charge is 0.257 e. The first-order valence-corrected chi connectivity index (χ1v) is 11.0. The van der Waals surface area contributed by atoms with Gasteiger partial charge in [-0.15, -0.1) is 0 Å². The van der Waals surface area contributed by atoms with Crippen LogP contribution in [0.2, 0.25) is 0 Å². The van der Waals surface area contributed by atoms with Crippen LogP contribution < -0.4 is 15.4 Å². The van der Waals surface area contributed by atoms with Crippen molar-refractivity contribution in [2.75, 3.05) is 18.4 Å². The number of likely N-dealkylation sites (tertiary alicyclic amines) is 1. The average molecular weight is 440 g/mol. The highest BCUT2D eigenvalue weighted by molar-refractivity contribution is 7.80. The predicted octanol–water partition coefficient (Wildman–Crippen LogP) is 4.47. The number of piperidine rings is 1. The molecule has 0 bridgehead atoms. The standard InChI is InChI=1S/C24H29N3O3S/c1-16(2)30-19-8-6-7-18(15-19)22(28)26-24(31)25-21-10-5-4-9-20(21)23(29)27-13-11-17(3)12-14-27/h4-10,15-17H,11-14H2,1-3H3,(H2,25,26,28,31). The molecule has 1 saturated heterocycles. The van der Waals surface area contributed by atoms with Gasteiger partial charge in [-0.25, -0.2) is 0 Å². The van der Waals surface area contributed by atoms with E-state index in [-0.39, 0.29) is 23.0 Å². The summed E-state index contributed by atoms with van der Waals surface area (Å²) in [6.45, 7) is 7.57. The molecule has 1 aliphatic rings. The Bertz CT molecular complexity index is 953. The molecule has 1 fully saturated rings. The summed E-state index contributed by atoms with van der Waals surface area (Å²) in [5.74, 6) is 0.890. The number of anilines is 1. The van der Waals surface area contributed by atoms with E-state index >= 15 is 0 Å². The van der Waals surface area contributed by atoms with E-state index in [0.717, 1.165) is 25.9 Å². The van der Waals surface area contributed by atoms with Gasteiger partial charge in [-0.05, 0) is 75.2 Å². The van der Waals surface area contributed by atoms with E-state index in [1.807, 2.05) is 30.9 Å². The van der Waals surface area contributed by atoms with E-state index in [9.17, 15) is 9.59 Å². The van der Waals surface area contributed by atoms with Crippen molar-refractivity contribution in [2.45, 2.75) is 39.7 Å². The highest BCUT2D eigenvalue weighted by atomic mass is 32.1. The molecule has 0 radical (unpaired) electrons. The number of thiocarbonyl (C=S) groups is 1. The number of para-hydroxylation sites is 1. The second-order valence-corrected chi connectivity index (χ2v) is 8.53. The molecule has 6 nitrogen and oxygen atoms in total. The molecule has 164 valence electrons. The lowest BCUT2D eigenvalue weighted by molar-refractivity contribution is 0.0698. The van der Waals surface area contributed by atoms with Crippen molar-refractivity contribution in [3.63, 3.8) is 0 Å². The fraction of sp³-hybridized carbons (Fsp3) is 0.375. The molecule has 0 aromatic heterocycles. The zero-order chi connectivity index (χ0) is 22.4. The summed E-state index contributed by atoms with van der Waals surface area (Å²) < 4.78 is 5.64. The van der Waals surface area contributed by atoms with E-state index in [2.05, 4.69) is 17.6 Å². The molecular formula is C24H29N3O3S.